The summed E-state index contributed by atoms with van der Waals surface area (Å²) in [6.45, 7) is 0.978. The molecule has 0 aliphatic carbocycles. The number of hydrogen-bond donors (Lipinski definition) is 1. The SMILES string of the molecule is CSc1ccc(NC(=O)N2CCS[C@H]2c2ccc3c(c2)OCO3)cc1. The summed E-state index contributed by atoms with van der Waals surface area (Å²) in [5, 5.41) is 2.98. The van der Waals surface area contributed by atoms with Crippen LogP contribution < -0.4 is 14.8 Å². The van der Waals surface area contributed by atoms with Gasteiger partial charge in [0.15, 0.2) is 11.5 Å². The van der Waals surface area contributed by atoms with E-state index < -0.39 is 0 Å². The normalized spacial score (nSPS) is 18.4. The summed E-state index contributed by atoms with van der Waals surface area (Å²) in [5.41, 5.74) is 1.86. The zero-order valence-corrected chi connectivity index (χ0v) is 15.4. The van der Waals surface area contributed by atoms with Gasteiger partial charge in [-0.05, 0) is 48.2 Å². The molecule has 2 aliphatic rings. The molecule has 7 heteroatoms. The molecule has 1 N–H and O–H groups in total. The molecule has 0 saturated carbocycles. The first kappa shape index (κ1) is 16.5. The van der Waals surface area contributed by atoms with E-state index in [0.29, 0.717) is 0 Å². The Morgan fingerprint density at radius 3 is 2.80 bits per heavy atom. The lowest BCUT2D eigenvalue weighted by atomic mass is 10.2. The molecule has 25 heavy (non-hydrogen) atoms. The van der Waals surface area contributed by atoms with Gasteiger partial charge >= 0.3 is 6.03 Å². The van der Waals surface area contributed by atoms with Crippen LogP contribution in [-0.4, -0.2) is 36.3 Å². The fourth-order valence-corrected chi connectivity index (χ4v) is 4.54. The van der Waals surface area contributed by atoms with Crippen molar-refractivity contribution in [3.05, 3.63) is 48.0 Å². The topological polar surface area (TPSA) is 50.8 Å². The Labute approximate surface area is 155 Å². The Bertz CT molecular complexity index is 782. The van der Waals surface area contributed by atoms with E-state index in [1.807, 2.05) is 53.6 Å². The number of rotatable bonds is 3. The van der Waals surface area contributed by atoms with Crippen molar-refractivity contribution in [1.29, 1.82) is 0 Å². The summed E-state index contributed by atoms with van der Waals surface area (Å²) in [7, 11) is 0. The standard InChI is InChI=1S/C18H18N2O3S2/c1-24-14-5-3-13(4-6-14)19-18(21)20-8-9-25-17(20)12-2-7-15-16(10-12)23-11-22-15/h2-7,10,17H,8-9,11H2,1H3,(H,19,21)/t17-/m0/s1. The molecule has 4 rings (SSSR count). The Morgan fingerprint density at radius 2 is 2.00 bits per heavy atom. The van der Waals surface area contributed by atoms with Crippen LogP contribution in [0.1, 0.15) is 10.9 Å². The van der Waals surface area contributed by atoms with Crippen molar-refractivity contribution in [1.82, 2.24) is 4.90 Å². The molecule has 130 valence electrons. The largest absolute Gasteiger partial charge is 0.454 e. The second kappa shape index (κ2) is 7.09. The Balaban J connectivity index is 1.49. The predicted octanol–water partition coefficient (Wildman–Crippen LogP) is 4.42. The number of urea groups is 1. The molecule has 2 heterocycles. The molecule has 0 unspecified atom stereocenters. The number of benzene rings is 2. The number of fused-ring (bicyclic) bond motifs is 1. The maximum atomic E-state index is 12.7. The summed E-state index contributed by atoms with van der Waals surface area (Å²) in [6.07, 6.45) is 2.03. The van der Waals surface area contributed by atoms with Gasteiger partial charge in [0.25, 0.3) is 0 Å². The lowest BCUT2D eigenvalue weighted by Gasteiger charge is -2.24. The summed E-state index contributed by atoms with van der Waals surface area (Å²) in [5.74, 6) is 2.42. The van der Waals surface area contributed by atoms with Gasteiger partial charge in [0.2, 0.25) is 6.79 Å². The highest BCUT2D eigenvalue weighted by molar-refractivity contribution is 7.99. The average Bonchev–Trinajstić information content (AvgIpc) is 3.30. The van der Waals surface area contributed by atoms with Crippen molar-refractivity contribution in [3.63, 3.8) is 0 Å². The molecule has 1 atom stereocenters. The van der Waals surface area contributed by atoms with Crippen LogP contribution in [0.15, 0.2) is 47.4 Å². The number of anilines is 1. The molecule has 0 spiro atoms. The van der Waals surface area contributed by atoms with Crippen LogP contribution in [0.25, 0.3) is 0 Å². The van der Waals surface area contributed by atoms with Gasteiger partial charge in [0, 0.05) is 22.9 Å². The maximum Gasteiger partial charge on any atom is 0.323 e. The minimum atomic E-state index is -0.0791. The number of carbonyl (C=O) groups is 1. The van der Waals surface area contributed by atoms with Crippen LogP contribution in [0.3, 0.4) is 0 Å². The number of nitrogens with zero attached hydrogens (tertiary/aromatic N) is 1. The number of hydrogen-bond acceptors (Lipinski definition) is 5. The molecule has 2 aliphatic heterocycles. The van der Waals surface area contributed by atoms with E-state index in [9.17, 15) is 4.79 Å². The van der Waals surface area contributed by atoms with Gasteiger partial charge in [0.05, 0.1) is 0 Å². The number of carbonyl (C=O) groups excluding carboxylic acids is 1. The van der Waals surface area contributed by atoms with Gasteiger partial charge in [0.1, 0.15) is 5.37 Å². The van der Waals surface area contributed by atoms with Crippen LogP contribution in [0.2, 0.25) is 0 Å². The van der Waals surface area contributed by atoms with Crippen LogP contribution in [-0.2, 0) is 0 Å². The van der Waals surface area contributed by atoms with E-state index in [1.54, 1.807) is 23.5 Å². The first-order valence-corrected chi connectivity index (χ1v) is 10.2. The van der Waals surface area contributed by atoms with Gasteiger partial charge in [-0.25, -0.2) is 4.79 Å². The number of ether oxygens (including phenoxy) is 2. The van der Waals surface area contributed by atoms with Gasteiger partial charge in [-0.2, -0.15) is 0 Å². The highest BCUT2D eigenvalue weighted by Gasteiger charge is 2.31. The summed E-state index contributed by atoms with van der Waals surface area (Å²) in [4.78, 5) is 15.8. The molecule has 2 aromatic carbocycles. The first-order valence-electron chi connectivity index (χ1n) is 7.97. The van der Waals surface area contributed by atoms with Crippen molar-refractivity contribution in [3.8, 4) is 11.5 Å². The molecular weight excluding hydrogens is 356 g/mol. The van der Waals surface area contributed by atoms with Gasteiger partial charge < -0.3 is 19.7 Å². The number of nitrogens with one attached hydrogen (secondary N) is 1. The maximum absolute atomic E-state index is 12.7. The smallest absolute Gasteiger partial charge is 0.323 e. The van der Waals surface area contributed by atoms with Gasteiger partial charge in [-0.3, -0.25) is 0 Å². The molecular formula is C18H18N2O3S2. The van der Waals surface area contributed by atoms with Crippen molar-refractivity contribution in [2.45, 2.75) is 10.3 Å². The monoisotopic (exact) mass is 374 g/mol. The third-order valence-corrected chi connectivity index (χ3v) is 6.18. The van der Waals surface area contributed by atoms with Crippen LogP contribution in [0, 0.1) is 0 Å². The zero-order chi connectivity index (χ0) is 17.2. The highest BCUT2D eigenvalue weighted by atomic mass is 32.2. The Morgan fingerprint density at radius 1 is 1.20 bits per heavy atom. The molecule has 1 fully saturated rings. The number of amides is 2. The van der Waals surface area contributed by atoms with Crippen LogP contribution in [0.5, 0.6) is 11.5 Å². The van der Waals surface area contributed by atoms with E-state index >= 15 is 0 Å². The minimum absolute atomic E-state index is 0.0139. The van der Waals surface area contributed by atoms with E-state index in [2.05, 4.69) is 5.32 Å². The lowest BCUT2D eigenvalue weighted by Crippen LogP contribution is -2.34. The van der Waals surface area contributed by atoms with E-state index in [4.69, 9.17) is 9.47 Å². The molecule has 2 aromatic rings. The molecule has 1 saturated heterocycles. The molecule has 0 bridgehead atoms. The minimum Gasteiger partial charge on any atom is -0.454 e. The third-order valence-electron chi connectivity index (χ3n) is 4.17. The molecule has 0 aromatic heterocycles. The van der Waals surface area contributed by atoms with Crippen LogP contribution >= 0.6 is 23.5 Å². The first-order chi connectivity index (χ1) is 12.2. The number of thioether (sulfide) groups is 2. The second-order valence-corrected chi connectivity index (χ2v) is 7.76. The average molecular weight is 374 g/mol. The van der Waals surface area contributed by atoms with E-state index in [1.165, 1.54) is 4.90 Å². The van der Waals surface area contributed by atoms with Crippen molar-refractivity contribution < 1.29 is 14.3 Å². The fourth-order valence-electron chi connectivity index (χ4n) is 2.89. The summed E-state index contributed by atoms with van der Waals surface area (Å²) in [6, 6.07) is 13.7. The molecule has 0 radical (unpaired) electrons. The molecule has 2 amide bonds. The second-order valence-electron chi connectivity index (χ2n) is 5.69. The highest BCUT2D eigenvalue weighted by Crippen LogP contribution is 2.42. The fraction of sp³-hybridized carbons (Fsp3) is 0.278. The lowest BCUT2D eigenvalue weighted by molar-refractivity contribution is 0.174. The van der Waals surface area contributed by atoms with Crippen molar-refractivity contribution >= 4 is 35.2 Å². The summed E-state index contributed by atoms with van der Waals surface area (Å²) < 4.78 is 10.8. The van der Waals surface area contributed by atoms with Crippen molar-refractivity contribution in [2.24, 2.45) is 0 Å². The predicted molar refractivity (Wildman–Crippen MR) is 102 cm³/mol. The van der Waals surface area contributed by atoms with Crippen molar-refractivity contribution in [2.75, 3.05) is 30.7 Å². The quantitative estimate of drug-likeness (QED) is 0.806. The van der Waals surface area contributed by atoms with Gasteiger partial charge in [-0.15, -0.1) is 23.5 Å². The Hall–Kier alpha value is -1.99. The van der Waals surface area contributed by atoms with E-state index in [0.717, 1.165) is 35.0 Å². The van der Waals surface area contributed by atoms with Crippen LogP contribution in [0.4, 0.5) is 10.5 Å². The zero-order valence-electron chi connectivity index (χ0n) is 13.7. The molecule has 5 nitrogen and oxygen atoms in total. The van der Waals surface area contributed by atoms with E-state index in [-0.39, 0.29) is 18.2 Å². The third kappa shape index (κ3) is 3.39. The summed E-state index contributed by atoms with van der Waals surface area (Å²) >= 11 is 3.44. The van der Waals surface area contributed by atoms with Gasteiger partial charge in [-0.1, -0.05) is 6.07 Å². The Kier molecular flexibility index (Phi) is 4.67.